The minimum Gasteiger partial charge on any atom is -0.478 e. The Hall–Kier alpha value is -2.00. The van der Waals surface area contributed by atoms with Gasteiger partial charge in [-0.2, -0.15) is 0 Å². The van der Waals surface area contributed by atoms with Crippen LogP contribution >= 0.6 is 11.6 Å². The van der Waals surface area contributed by atoms with E-state index in [-0.39, 0.29) is 0 Å². The van der Waals surface area contributed by atoms with Crippen molar-refractivity contribution in [1.29, 1.82) is 0 Å². The van der Waals surface area contributed by atoms with E-state index in [9.17, 15) is 4.79 Å². The summed E-state index contributed by atoms with van der Waals surface area (Å²) in [5.41, 5.74) is 0.363. The van der Waals surface area contributed by atoms with Gasteiger partial charge in [-0.1, -0.05) is 60.1 Å². The molecule has 0 aromatic heterocycles. The molecule has 0 heterocycles. The van der Waals surface area contributed by atoms with E-state index in [1.54, 1.807) is 12.1 Å². The standard InChI is InChI=1S/C14H11ClO3/c15-13(14(16)17)18-12-9-5-4-8-11(12)10-6-2-1-3-7-10/h1-9,13H,(H,16,17). The van der Waals surface area contributed by atoms with Crippen LogP contribution in [-0.2, 0) is 4.79 Å². The number of para-hydroxylation sites is 1. The van der Waals surface area contributed by atoms with Crippen molar-refractivity contribution in [3.8, 4) is 16.9 Å². The number of halogens is 1. The molecule has 0 radical (unpaired) electrons. The zero-order chi connectivity index (χ0) is 13.0. The molecule has 0 amide bonds. The molecule has 0 saturated carbocycles. The van der Waals surface area contributed by atoms with Gasteiger partial charge in [-0.05, 0) is 11.6 Å². The number of carboxylic acid groups (broad SMARTS) is 1. The van der Waals surface area contributed by atoms with Crippen molar-refractivity contribution in [1.82, 2.24) is 0 Å². The van der Waals surface area contributed by atoms with Crippen molar-refractivity contribution >= 4 is 17.6 Å². The monoisotopic (exact) mass is 262 g/mol. The maximum absolute atomic E-state index is 10.7. The molecule has 18 heavy (non-hydrogen) atoms. The molecule has 0 fully saturated rings. The van der Waals surface area contributed by atoms with Gasteiger partial charge >= 0.3 is 5.97 Å². The molecule has 3 nitrogen and oxygen atoms in total. The summed E-state index contributed by atoms with van der Waals surface area (Å²) in [4.78, 5) is 10.7. The molecule has 1 atom stereocenters. The van der Waals surface area contributed by atoms with Crippen LogP contribution in [0, 0.1) is 0 Å². The van der Waals surface area contributed by atoms with Gasteiger partial charge in [-0.3, -0.25) is 0 Å². The van der Waals surface area contributed by atoms with Gasteiger partial charge < -0.3 is 9.84 Å². The normalized spacial score (nSPS) is 11.8. The molecule has 0 aliphatic carbocycles. The van der Waals surface area contributed by atoms with Gasteiger partial charge in [-0.25, -0.2) is 4.79 Å². The average molecular weight is 263 g/mol. The SMILES string of the molecule is O=C(O)C(Cl)Oc1ccccc1-c1ccccc1. The van der Waals surface area contributed by atoms with Crippen LogP contribution in [0.15, 0.2) is 54.6 Å². The van der Waals surface area contributed by atoms with Crippen molar-refractivity contribution < 1.29 is 14.6 Å². The predicted octanol–water partition coefficient (Wildman–Crippen LogP) is 3.38. The minimum atomic E-state index is -1.39. The van der Waals surface area contributed by atoms with Crippen LogP contribution in [-0.4, -0.2) is 16.6 Å². The van der Waals surface area contributed by atoms with Crippen molar-refractivity contribution in [2.75, 3.05) is 0 Å². The maximum atomic E-state index is 10.7. The molecule has 0 spiro atoms. The van der Waals surface area contributed by atoms with Gasteiger partial charge in [0.15, 0.2) is 0 Å². The van der Waals surface area contributed by atoms with Gasteiger partial charge in [0.1, 0.15) is 5.75 Å². The maximum Gasteiger partial charge on any atom is 0.360 e. The molecule has 2 rings (SSSR count). The molecule has 1 unspecified atom stereocenters. The molecule has 0 bridgehead atoms. The summed E-state index contributed by atoms with van der Waals surface area (Å²) in [6.07, 6.45) is 0. The summed E-state index contributed by atoms with van der Waals surface area (Å²) in [5.74, 6) is -0.759. The van der Waals surface area contributed by atoms with E-state index in [0.717, 1.165) is 11.1 Å². The lowest BCUT2D eigenvalue weighted by Gasteiger charge is -2.13. The summed E-state index contributed by atoms with van der Waals surface area (Å²) in [5, 5.41) is 8.75. The van der Waals surface area contributed by atoms with E-state index in [0.29, 0.717) is 5.75 Å². The third-order valence-electron chi connectivity index (χ3n) is 2.40. The summed E-state index contributed by atoms with van der Waals surface area (Å²) >= 11 is 5.59. The van der Waals surface area contributed by atoms with E-state index in [4.69, 9.17) is 21.4 Å². The van der Waals surface area contributed by atoms with Gasteiger partial charge in [-0.15, -0.1) is 0 Å². The Bertz CT molecular complexity index is 540. The summed E-state index contributed by atoms with van der Waals surface area (Å²) in [6.45, 7) is 0. The van der Waals surface area contributed by atoms with E-state index in [1.165, 1.54) is 0 Å². The first kappa shape index (κ1) is 12.5. The Labute approximate surface area is 110 Å². The molecule has 0 aliphatic heterocycles. The lowest BCUT2D eigenvalue weighted by molar-refractivity contribution is -0.141. The van der Waals surface area contributed by atoms with Crippen LogP contribution in [0.25, 0.3) is 11.1 Å². The Balaban J connectivity index is 2.35. The van der Waals surface area contributed by atoms with Crippen LogP contribution < -0.4 is 4.74 Å². The summed E-state index contributed by atoms with van der Waals surface area (Å²) in [7, 11) is 0. The fraction of sp³-hybridized carbons (Fsp3) is 0.0714. The lowest BCUT2D eigenvalue weighted by atomic mass is 10.1. The average Bonchev–Trinajstić information content (AvgIpc) is 2.40. The van der Waals surface area contributed by atoms with Gasteiger partial charge in [0, 0.05) is 5.56 Å². The second kappa shape index (κ2) is 5.56. The first-order valence-electron chi connectivity index (χ1n) is 5.36. The first-order chi connectivity index (χ1) is 8.68. The molecular formula is C14H11ClO3. The highest BCUT2D eigenvalue weighted by Crippen LogP contribution is 2.30. The Morgan fingerprint density at radius 1 is 1.06 bits per heavy atom. The van der Waals surface area contributed by atoms with Crippen LogP contribution in [0.1, 0.15) is 0 Å². The van der Waals surface area contributed by atoms with Crippen LogP contribution in [0.5, 0.6) is 5.75 Å². The molecule has 92 valence electrons. The van der Waals surface area contributed by atoms with Gasteiger partial charge in [0.2, 0.25) is 0 Å². The van der Waals surface area contributed by atoms with Crippen molar-refractivity contribution in [3.05, 3.63) is 54.6 Å². The fourth-order valence-corrected chi connectivity index (χ4v) is 1.68. The highest BCUT2D eigenvalue weighted by Gasteiger charge is 2.17. The second-order valence-electron chi connectivity index (χ2n) is 3.63. The first-order valence-corrected chi connectivity index (χ1v) is 5.80. The van der Waals surface area contributed by atoms with E-state index in [2.05, 4.69) is 0 Å². The van der Waals surface area contributed by atoms with E-state index < -0.39 is 11.5 Å². The largest absolute Gasteiger partial charge is 0.478 e. The topological polar surface area (TPSA) is 46.5 Å². The van der Waals surface area contributed by atoms with Gasteiger partial charge in [0.25, 0.3) is 5.56 Å². The third kappa shape index (κ3) is 2.81. The quantitative estimate of drug-likeness (QED) is 0.859. The predicted molar refractivity (Wildman–Crippen MR) is 69.8 cm³/mol. The zero-order valence-electron chi connectivity index (χ0n) is 9.42. The number of carbonyl (C=O) groups is 1. The number of hydrogen-bond donors (Lipinski definition) is 1. The summed E-state index contributed by atoms with van der Waals surface area (Å²) in [6, 6.07) is 16.7. The molecule has 2 aromatic rings. The number of hydrogen-bond acceptors (Lipinski definition) is 2. The number of aliphatic carboxylic acids is 1. The minimum absolute atomic E-state index is 0.450. The van der Waals surface area contributed by atoms with Crippen LogP contribution in [0.3, 0.4) is 0 Å². The second-order valence-corrected chi connectivity index (χ2v) is 4.03. The summed E-state index contributed by atoms with van der Waals surface area (Å²) < 4.78 is 5.23. The smallest absolute Gasteiger partial charge is 0.360 e. The Kier molecular flexibility index (Phi) is 3.85. The third-order valence-corrected chi connectivity index (χ3v) is 2.67. The Morgan fingerprint density at radius 2 is 1.67 bits per heavy atom. The van der Waals surface area contributed by atoms with E-state index >= 15 is 0 Å². The highest BCUT2D eigenvalue weighted by molar-refractivity contribution is 6.28. The Morgan fingerprint density at radius 3 is 2.33 bits per heavy atom. The molecule has 4 heteroatoms. The van der Waals surface area contributed by atoms with Gasteiger partial charge in [0.05, 0.1) is 0 Å². The van der Waals surface area contributed by atoms with E-state index in [1.807, 2.05) is 42.5 Å². The molecule has 1 N–H and O–H groups in total. The van der Waals surface area contributed by atoms with Crippen molar-refractivity contribution in [2.24, 2.45) is 0 Å². The molecule has 0 aliphatic rings. The number of alkyl halides is 1. The molecule has 2 aromatic carbocycles. The number of ether oxygens (including phenoxy) is 1. The molecular weight excluding hydrogens is 252 g/mol. The van der Waals surface area contributed by atoms with Crippen molar-refractivity contribution in [2.45, 2.75) is 5.56 Å². The van der Waals surface area contributed by atoms with Crippen LogP contribution in [0.4, 0.5) is 0 Å². The van der Waals surface area contributed by atoms with Crippen LogP contribution in [0.2, 0.25) is 0 Å². The zero-order valence-corrected chi connectivity index (χ0v) is 10.2. The van der Waals surface area contributed by atoms with Crippen molar-refractivity contribution in [3.63, 3.8) is 0 Å². The number of benzene rings is 2. The lowest BCUT2D eigenvalue weighted by Crippen LogP contribution is -2.20. The fourth-order valence-electron chi connectivity index (χ4n) is 1.59. The number of rotatable bonds is 4. The highest BCUT2D eigenvalue weighted by atomic mass is 35.5. The molecule has 0 saturated heterocycles. The number of carboxylic acids is 1.